The van der Waals surface area contributed by atoms with Crippen LogP contribution in [0.1, 0.15) is 25.0 Å². The van der Waals surface area contributed by atoms with Crippen molar-refractivity contribution in [3.8, 4) is 62.1 Å². The standard InChI is InChI=1S/C54H36N4O/c1-54(2)45-30-36(24-26-39(45)42-31-44-41-21-10-12-23-49(41)59-50(44)32-46(42)54)35-25-27-48-43(29-35)40-20-9-11-22-47(40)58(48)38-19-13-18-37(28-38)53-56-51(33-14-5-3-6-15-33)55-52(57-53)34-16-7-4-8-17-34/h3-32H,1-2H3. The first-order chi connectivity index (χ1) is 29.0. The minimum atomic E-state index is -0.179. The molecule has 1 aliphatic carbocycles. The van der Waals surface area contributed by atoms with Gasteiger partial charge in [-0.2, -0.15) is 0 Å². The number of nitrogens with zero attached hydrogens (tertiary/aromatic N) is 4. The van der Waals surface area contributed by atoms with Gasteiger partial charge >= 0.3 is 0 Å². The molecule has 0 atom stereocenters. The van der Waals surface area contributed by atoms with Gasteiger partial charge in [0.05, 0.1) is 11.0 Å². The Balaban J connectivity index is 0.966. The summed E-state index contributed by atoms with van der Waals surface area (Å²) in [4.78, 5) is 15.0. The van der Waals surface area contributed by atoms with E-state index >= 15 is 0 Å². The fourth-order valence-corrected chi connectivity index (χ4v) is 9.28. The Bertz CT molecular complexity index is 3410. The van der Waals surface area contributed by atoms with Crippen LogP contribution in [0, 0.1) is 0 Å². The van der Waals surface area contributed by atoms with Crippen molar-refractivity contribution >= 4 is 43.7 Å². The van der Waals surface area contributed by atoms with E-state index < -0.39 is 0 Å². The van der Waals surface area contributed by atoms with E-state index in [0.717, 1.165) is 50.0 Å². The van der Waals surface area contributed by atoms with Gasteiger partial charge in [0, 0.05) is 49.3 Å². The van der Waals surface area contributed by atoms with Gasteiger partial charge in [0.2, 0.25) is 0 Å². The summed E-state index contributed by atoms with van der Waals surface area (Å²) in [7, 11) is 0. The second-order valence-corrected chi connectivity index (χ2v) is 16.1. The van der Waals surface area contributed by atoms with Crippen LogP contribution in [-0.2, 0) is 5.41 Å². The maximum Gasteiger partial charge on any atom is 0.164 e. The zero-order valence-corrected chi connectivity index (χ0v) is 32.5. The van der Waals surface area contributed by atoms with Gasteiger partial charge in [0.25, 0.3) is 0 Å². The highest BCUT2D eigenvalue weighted by atomic mass is 16.3. The molecule has 278 valence electrons. The summed E-state index contributed by atoms with van der Waals surface area (Å²) in [5.41, 5.74) is 15.5. The highest BCUT2D eigenvalue weighted by Crippen LogP contribution is 2.52. The SMILES string of the molecule is CC1(C)c2cc(-c3ccc4c(c3)c3ccccc3n4-c3cccc(-c4nc(-c5ccccc5)nc(-c5ccccc5)n4)c3)ccc2-c2cc3c(cc21)oc1ccccc13. The van der Waals surface area contributed by atoms with Crippen LogP contribution in [0.3, 0.4) is 0 Å². The molecule has 5 nitrogen and oxygen atoms in total. The Morgan fingerprint density at radius 1 is 0.390 bits per heavy atom. The van der Waals surface area contributed by atoms with Gasteiger partial charge in [-0.15, -0.1) is 0 Å². The second kappa shape index (κ2) is 12.7. The van der Waals surface area contributed by atoms with Gasteiger partial charge in [0.15, 0.2) is 17.5 Å². The van der Waals surface area contributed by atoms with Crippen LogP contribution >= 0.6 is 0 Å². The Morgan fingerprint density at radius 2 is 0.983 bits per heavy atom. The molecule has 0 radical (unpaired) electrons. The minimum Gasteiger partial charge on any atom is -0.456 e. The number of aromatic nitrogens is 4. The first-order valence-electron chi connectivity index (χ1n) is 20.1. The molecular formula is C54H36N4O. The molecule has 12 rings (SSSR count). The highest BCUT2D eigenvalue weighted by molar-refractivity contribution is 6.11. The van der Waals surface area contributed by atoms with E-state index in [4.69, 9.17) is 19.4 Å². The van der Waals surface area contributed by atoms with Crippen LogP contribution < -0.4 is 0 Å². The lowest BCUT2D eigenvalue weighted by molar-refractivity contribution is 0.647. The summed E-state index contributed by atoms with van der Waals surface area (Å²) in [5.74, 6) is 1.92. The van der Waals surface area contributed by atoms with Crippen LogP contribution in [0.25, 0.3) is 106 Å². The first-order valence-corrected chi connectivity index (χ1v) is 20.1. The summed E-state index contributed by atoms with van der Waals surface area (Å²) in [5, 5.41) is 4.74. The van der Waals surface area contributed by atoms with E-state index in [2.05, 4.69) is 134 Å². The summed E-state index contributed by atoms with van der Waals surface area (Å²) in [6.45, 7) is 4.67. The number of benzene rings is 8. The second-order valence-electron chi connectivity index (χ2n) is 16.1. The predicted octanol–water partition coefficient (Wildman–Crippen LogP) is 13.8. The largest absolute Gasteiger partial charge is 0.456 e. The molecule has 0 amide bonds. The molecule has 0 bridgehead atoms. The normalized spacial score (nSPS) is 13.1. The van der Waals surface area contributed by atoms with Crippen LogP contribution in [0.2, 0.25) is 0 Å². The first kappa shape index (κ1) is 33.5. The van der Waals surface area contributed by atoms with Crippen LogP contribution in [0.5, 0.6) is 0 Å². The van der Waals surface area contributed by atoms with Gasteiger partial charge in [-0.05, 0) is 88.0 Å². The molecule has 11 aromatic rings. The van der Waals surface area contributed by atoms with Gasteiger partial charge in [-0.25, -0.2) is 15.0 Å². The molecule has 0 fully saturated rings. The third-order valence-corrected chi connectivity index (χ3v) is 12.2. The van der Waals surface area contributed by atoms with E-state index in [9.17, 15) is 0 Å². The molecule has 0 aliphatic heterocycles. The molecule has 0 N–H and O–H groups in total. The zero-order valence-electron chi connectivity index (χ0n) is 32.5. The number of fused-ring (bicyclic) bond motifs is 9. The lowest BCUT2D eigenvalue weighted by atomic mass is 9.81. The highest BCUT2D eigenvalue weighted by Gasteiger charge is 2.36. The molecular weight excluding hydrogens is 721 g/mol. The number of hydrogen-bond donors (Lipinski definition) is 0. The van der Waals surface area contributed by atoms with Crippen molar-refractivity contribution in [2.75, 3.05) is 0 Å². The molecule has 0 spiro atoms. The fraction of sp³-hybridized carbons (Fsp3) is 0.0556. The van der Waals surface area contributed by atoms with E-state index in [0.29, 0.717) is 17.5 Å². The third-order valence-electron chi connectivity index (χ3n) is 12.2. The van der Waals surface area contributed by atoms with Gasteiger partial charge in [-0.3, -0.25) is 0 Å². The average Bonchev–Trinajstić information content (AvgIpc) is 3.90. The van der Waals surface area contributed by atoms with Gasteiger partial charge < -0.3 is 8.98 Å². The van der Waals surface area contributed by atoms with E-state index in [-0.39, 0.29) is 5.41 Å². The number of rotatable bonds is 5. The summed E-state index contributed by atoms with van der Waals surface area (Å²) in [6.07, 6.45) is 0. The summed E-state index contributed by atoms with van der Waals surface area (Å²) >= 11 is 0. The quantitative estimate of drug-likeness (QED) is 0.175. The molecule has 3 aromatic heterocycles. The lowest BCUT2D eigenvalue weighted by Crippen LogP contribution is -2.15. The van der Waals surface area contributed by atoms with Crippen molar-refractivity contribution in [3.63, 3.8) is 0 Å². The molecule has 0 saturated carbocycles. The van der Waals surface area contributed by atoms with E-state index in [1.807, 2.05) is 66.7 Å². The predicted molar refractivity (Wildman–Crippen MR) is 241 cm³/mol. The molecule has 0 saturated heterocycles. The van der Waals surface area contributed by atoms with E-state index in [1.165, 1.54) is 49.5 Å². The van der Waals surface area contributed by atoms with Gasteiger partial charge in [0.1, 0.15) is 11.2 Å². The summed E-state index contributed by atoms with van der Waals surface area (Å²) in [6, 6.07) is 64.3. The maximum absolute atomic E-state index is 6.33. The van der Waals surface area contributed by atoms with Crippen molar-refractivity contribution in [2.24, 2.45) is 0 Å². The summed E-state index contributed by atoms with van der Waals surface area (Å²) < 4.78 is 8.69. The molecule has 1 aliphatic rings. The van der Waals surface area contributed by atoms with E-state index in [1.54, 1.807) is 0 Å². The minimum absolute atomic E-state index is 0.179. The Kier molecular flexibility index (Phi) is 7.20. The van der Waals surface area contributed by atoms with Crippen molar-refractivity contribution in [1.29, 1.82) is 0 Å². The Morgan fingerprint density at radius 3 is 1.75 bits per heavy atom. The Labute approximate surface area is 340 Å². The van der Waals surface area contributed by atoms with Crippen LogP contribution in [0.15, 0.2) is 186 Å². The third kappa shape index (κ3) is 5.21. The molecule has 3 heterocycles. The van der Waals surface area contributed by atoms with Crippen LogP contribution in [0.4, 0.5) is 0 Å². The molecule has 8 aromatic carbocycles. The maximum atomic E-state index is 6.33. The zero-order chi connectivity index (χ0) is 39.2. The van der Waals surface area contributed by atoms with Gasteiger partial charge in [-0.1, -0.05) is 141 Å². The number of para-hydroxylation sites is 2. The monoisotopic (exact) mass is 756 g/mol. The number of hydrogen-bond acceptors (Lipinski definition) is 4. The van der Waals surface area contributed by atoms with Crippen molar-refractivity contribution in [1.82, 2.24) is 19.5 Å². The lowest BCUT2D eigenvalue weighted by Gasteiger charge is -2.22. The molecule has 5 heteroatoms. The average molecular weight is 757 g/mol. The van der Waals surface area contributed by atoms with Crippen molar-refractivity contribution in [3.05, 3.63) is 193 Å². The van der Waals surface area contributed by atoms with Crippen molar-refractivity contribution < 1.29 is 4.42 Å². The number of furan rings is 1. The fourth-order valence-electron chi connectivity index (χ4n) is 9.28. The van der Waals surface area contributed by atoms with Crippen molar-refractivity contribution in [2.45, 2.75) is 19.3 Å². The topological polar surface area (TPSA) is 56.7 Å². The Hall–Kier alpha value is -7.63. The molecule has 59 heavy (non-hydrogen) atoms. The smallest absolute Gasteiger partial charge is 0.164 e. The molecule has 0 unspecified atom stereocenters. The van der Waals surface area contributed by atoms with Crippen LogP contribution in [-0.4, -0.2) is 19.5 Å².